The molecule has 42 heavy (non-hydrogen) atoms. The molecule has 1 aliphatic heterocycles. The lowest BCUT2D eigenvalue weighted by Gasteiger charge is -2.43. The molecule has 3 heterocycles. The van der Waals surface area contributed by atoms with E-state index in [1.807, 2.05) is 0 Å². The van der Waals surface area contributed by atoms with Gasteiger partial charge in [0.15, 0.2) is 5.66 Å². The van der Waals surface area contributed by atoms with Gasteiger partial charge in [-0.2, -0.15) is 0 Å². The maximum atomic E-state index is 4.20. The zero-order valence-corrected chi connectivity index (χ0v) is 22.9. The highest BCUT2D eigenvalue weighted by molar-refractivity contribution is 6.11. The van der Waals surface area contributed by atoms with Crippen LogP contribution in [0.15, 0.2) is 152 Å². The molecule has 3 heteroatoms. The van der Waals surface area contributed by atoms with Gasteiger partial charge in [-0.3, -0.25) is 4.57 Å². The summed E-state index contributed by atoms with van der Waals surface area (Å²) in [6.45, 7) is 0. The number of nitrogens with zero attached hydrogens (tertiary/aromatic N) is 2. The predicted octanol–water partition coefficient (Wildman–Crippen LogP) is 9.21. The molecule has 1 N–H and O–H groups in total. The van der Waals surface area contributed by atoms with Gasteiger partial charge in [0.2, 0.25) is 0 Å². The molecular weight excluding hydrogens is 510 g/mol. The maximum absolute atomic E-state index is 4.20. The molecule has 198 valence electrons. The van der Waals surface area contributed by atoms with Crippen LogP contribution in [0.25, 0.3) is 55.5 Å². The number of benzene rings is 6. The zero-order chi connectivity index (χ0) is 27.7. The van der Waals surface area contributed by atoms with E-state index in [1.165, 1.54) is 60.3 Å². The Balaban J connectivity index is 1.45. The first-order valence-electron chi connectivity index (χ1n) is 14.5. The Bertz CT molecular complexity index is 2230. The topological polar surface area (TPSA) is 21.9 Å². The largest absolute Gasteiger partial charge is 0.341 e. The molecule has 0 radical (unpaired) electrons. The van der Waals surface area contributed by atoms with Gasteiger partial charge in [0.05, 0.1) is 22.1 Å². The summed E-state index contributed by atoms with van der Waals surface area (Å²) in [7, 11) is 0. The molecule has 0 fully saturated rings. The van der Waals surface area contributed by atoms with Crippen LogP contribution in [0.4, 0.5) is 0 Å². The van der Waals surface area contributed by atoms with Crippen LogP contribution in [-0.4, -0.2) is 9.13 Å². The van der Waals surface area contributed by atoms with Gasteiger partial charge >= 0.3 is 0 Å². The Hall–Kier alpha value is -5.54. The van der Waals surface area contributed by atoms with Crippen LogP contribution in [0, 0.1) is 0 Å². The van der Waals surface area contributed by atoms with Gasteiger partial charge in [-0.05, 0) is 35.9 Å². The lowest BCUT2D eigenvalue weighted by atomic mass is 9.84. The van der Waals surface area contributed by atoms with E-state index in [0.717, 1.165) is 5.82 Å². The Morgan fingerprint density at radius 1 is 0.429 bits per heavy atom. The summed E-state index contributed by atoms with van der Waals surface area (Å²) in [4.78, 5) is 0. The first kappa shape index (κ1) is 23.2. The van der Waals surface area contributed by atoms with Gasteiger partial charge < -0.3 is 9.88 Å². The monoisotopic (exact) mass is 537 g/mol. The fourth-order valence-electron chi connectivity index (χ4n) is 7.19. The lowest BCUT2D eigenvalue weighted by molar-refractivity contribution is 0.404. The van der Waals surface area contributed by atoms with E-state index in [1.54, 1.807) is 0 Å². The lowest BCUT2D eigenvalue weighted by Crippen LogP contribution is -2.51. The molecule has 6 aromatic carbocycles. The summed E-state index contributed by atoms with van der Waals surface area (Å²) < 4.78 is 4.92. The fourth-order valence-corrected chi connectivity index (χ4v) is 7.19. The van der Waals surface area contributed by atoms with Crippen molar-refractivity contribution in [3.05, 3.63) is 168 Å². The standard InChI is InChI=1S/C39H27N3/c1-2-15-28(16-3-1)39(42-36-24-12-7-19-31(36)32-20-8-13-25-37(32)42)33-21-9-4-14-27(33)26-38(40-39)41-34-22-10-5-17-29(34)30-18-6-11-23-35(30)41/h1-26,40H. The molecule has 1 aliphatic rings. The van der Waals surface area contributed by atoms with Crippen molar-refractivity contribution in [1.82, 2.24) is 14.5 Å². The highest BCUT2D eigenvalue weighted by Gasteiger charge is 2.43. The van der Waals surface area contributed by atoms with E-state index in [4.69, 9.17) is 0 Å². The third kappa shape index (κ3) is 3.05. The number of hydrogen-bond donors (Lipinski definition) is 1. The molecule has 0 saturated heterocycles. The first-order chi connectivity index (χ1) is 20.8. The molecule has 1 atom stereocenters. The van der Waals surface area contributed by atoms with E-state index in [-0.39, 0.29) is 0 Å². The fraction of sp³-hybridized carbons (Fsp3) is 0.0256. The molecule has 0 aliphatic carbocycles. The molecule has 0 bridgehead atoms. The minimum absolute atomic E-state index is 0.725. The highest BCUT2D eigenvalue weighted by Crippen LogP contribution is 2.45. The van der Waals surface area contributed by atoms with Crippen LogP contribution in [0.5, 0.6) is 0 Å². The van der Waals surface area contributed by atoms with Crippen molar-refractivity contribution < 1.29 is 0 Å². The van der Waals surface area contributed by atoms with E-state index in [2.05, 4.69) is 172 Å². The Morgan fingerprint density at radius 3 is 1.48 bits per heavy atom. The van der Waals surface area contributed by atoms with Gasteiger partial charge in [-0.1, -0.05) is 127 Å². The van der Waals surface area contributed by atoms with E-state index < -0.39 is 5.66 Å². The molecule has 1 unspecified atom stereocenters. The van der Waals surface area contributed by atoms with Gasteiger partial charge in [0.25, 0.3) is 0 Å². The Morgan fingerprint density at radius 2 is 0.881 bits per heavy atom. The van der Waals surface area contributed by atoms with Crippen LogP contribution < -0.4 is 5.32 Å². The normalized spacial score (nSPS) is 16.5. The molecular formula is C39H27N3. The second-order valence-corrected chi connectivity index (χ2v) is 11.1. The smallest absolute Gasteiger partial charge is 0.169 e. The van der Waals surface area contributed by atoms with Gasteiger partial charge in [0.1, 0.15) is 5.82 Å². The zero-order valence-electron chi connectivity index (χ0n) is 22.9. The predicted molar refractivity (Wildman–Crippen MR) is 175 cm³/mol. The average Bonchev–Trinajstić information content (AvgIpc) is 3.58. The molecule has 0 amide bonds. The number of hydrogen-bond acceptors (Lipinski definition) is 1. The number of aromatic nitrogens is 2. The number of rotatable bonds is 3. The second kappa shape index (κ2) is 8.73. The van der Waals surface area contributed by atoms with Crippen LogP contribution in [0.1, 0.15) is 16.7 Å². The Kier molecular flexibility index (Phi) is 4.82. The second-order valence-electron chi connectivity index (χ2n) is 11.1. The average molecular weight is 538 g/mol. The SMILES string of the molecule is C1=C(n2c3ccccc3c3ccccc32)NC(c2ccccc2)(n2c3ccccc3c3ccccc32)c2ccccc21. The third-order valence-corrected chi connectivity index (χ3v) is 8.88. The summed E-state index contributed by atoms with van der Waals surface area (Å²) in [5.41, 5.74) is 7.60. The molecule has 9 rings (SSSR count). The summed E-state index contributed by atoms with van der Waals surface area (Å²) in [5, 5.41) is 9.19. The third-order valence-electron chi connectivity index (χ3n) is 8.88. The van der Waals surface area contributed by atoms with Crippen LogP contribution >= 0.6 is 0 Å². The summed E-state index contributed by atoms with van der Waals surface area (Å²) in [5.74, 6) is 1.04. The highest BCUT2D eigenvalue weighted by atomic mass is 15.3. The summed E-state index contributed by atoms with van der Waals surface area (Å²) >= 11 is 0. The van der Waals surface area contributed by atoms with Gasteiger partial charge in [-0.15, -0.1) is 0 Å². The van der Waals surface area contributed by atoms with Crippen molar-refractivity contribution in [2.45, 2.75) is 5.66 Å². The molecule has 8 aromatic rings. The molecule has 3 nitrogen and oxygen atoms in total. The van der Waals surface area contributed by atoms with Crippen LogP contribution in [0.2, 0.25) is 0 Å². The van der Waals surface area contributed by atoms with Crippen molar-refractivity contribution in [3.8, 4) is 0 Å². The summed E-state index contributed by atoms with van der Waals surface area (Å²) in [6, 6.07) is 54.7. The van der Waals surface area contributed by atoms with Crippen molar-refractivity contribution in [1.29, 1.82) is 0 Å². The first-order valence-corrected chi connectivity index (χ1v) is 14.5. The molecule has 0 saturated carbocycles. The van der Waals surface area contributed by atoms with Gasteiger partial charge in [0, 0.05) is 32.7 Å². The number of fused-ring (bicyclic) bond motifs is 7. The quantitative estimate of drug-likeness (QED) is 0.238. The van der Waals surface area contributed by atoms with Crippen molar-refractivity contribution in [3.63, 3.8) is 0 Å². The maximum Gasteiger partial charge on any atom is 0.169 e. The summed E-state index contributed by atoms with van der Waals surface area (Å²) in [6.07, 6.45) is 2.31. The molecule has 2 aromatic heterocycles. The van der Waals surface area contributed by atoms with Crippen LogP contribution in [0.3, 0.4) is 0 Å². The van der Waals surface area contributed by atoms with Crippen molar-refractivity contribution >= 4 is 55.5 Å². The number of para-hydroxylation sites is 4. The van der Waals surface area contributed by atoms with E-state index in [9.17, 15) is 0 Å². The minimum Gasteiger partial charge on any atom is -0.341 e. The van der Waals surface area contributed by atoms with Crippen molar-refractivity contribution in [2.75, 3.05) is 0 Å². The van der Waals surface area contributed by atoms with E-state index >= 15 is 0 Å². The molecule has 0 spiro atoms. The minimum atomic E-state index is -0.725. The van der Waals surface area contributed by atoms with Crippen molar-refractivity contribution in [2.24, 2.45) is 0 Å². The Labute approximate surface area is 243 Å². The van der Waals surface area contributed by atoms with Crippen LogP contribution in [-0.2, 0) is 5.66 Å². The van der Waals surface area contributed by atoms with Gasteiger partial charge in [-0.25, -0.2) is 0 Å². The van der Waals surface area contributed by atoms with E-state index in [0.29, 0.717) is 0 Å². The number of nitrogens with one attached hydrogen (secondary N) is 1.